The number of rotatable bonds is 5. The molecule has 1 saturated heterocycles. The summed E-state index contributed by atoms with van der Waals surface area (Å²) in [5.41, 5.74) is 2.63. The van der Waals surface area contributed by atoms with E-state index >= 15 is 0 Å². The quantitative estimate of drug-likeness (QED) is 0.700. The van der Waals surface area contributed by atoms with Gasteiger partial charge in [-0.05, 0) is 56.3 Å². The number of fused-ring (bicyclic) bond motifs is 1. The van der Waals surface area contributed by atoms with Crippen molar-refractivity contribution in [2.24, 2.45) is 0 Å². The zero-order valence-electron chi connectivity index (χ0n) is 16.0. The lowest BCUT2D eigenvalue weighted by atomic mass is 10.2. The van der Waals surface area contributed by atoms with Crippen molar-refractivity contribution in [3.63, 3.8) is 0 Å². The Morgan fingerprint density at radius 3 is 2.64 bits per heavy atom. The maximum Gasteiger partial charge on any atom is 0.257 e. The molecule has 28 heavy (non-hydrogen) atoms. The molecule has 0 bridgehead atoms. The molecule has 0 atom stereocenters. The van der Waals surface area contributed by atoms with E-state index in [2.05, 4.69) is 27.3 Å². The van der Waals surface area contributed by atoms with Crippen LogP contribution in [0.2, 0.25) is 0 Å². The molecule has 7 heteroatoms. The SMILES string of the molecule is CC(C)Oc1ccc(C(=O)Nc2nc3ccc(N4CCOCC4)cc3s2)cc1. The van der Waals surface area contributed by atoms with E-state index in [9.17, 15) is 4.79 Å². The minimum absolute atomic E-state index is 0.102. The fourth-order valence-corrected chi connectivity index (χ4v) is 4.01. The third kappa shape index (κ3) is 4.26. The predicted molar refractivity (Wildman–Crippen MR) is 113 cm³/mol. The van der Waals surface area contributed by atoms with Gasteiger partial charge in [-0.3, -0.25) is 10.1 Å². The van der Waals surface area contributed by atoms with Crippen LogP contribution in [-0.4, -0.2) is 43.3 Å². The number of amides is 1. The molecule has 1 N–H and O–H groups in total. The number of morpholine rings is 1. The average Bonchev–Trinajstić information content (AvgIpc) is 3.10. The van der Waals surface area contributed by atoms with Crippen LogP contribution in [0, 0.1) is 0 Å². The first-order chi connectivity index (χ1) is 13.6. The Balaban J connectivity index is 1.47. The van der Waals surface area contributed by atoms with Gasteiger partial charge in [-0.1, -0.05) is 11.3 Å². The predicted octanol–water partition coefficient (Wildman–Crippen LogP) is 4.17. The molecule has 2 aromatic carbocycles. The van der Waals surface area contributed by atoms with Crippen molar-refractivity contribution in [1.82, 2.24) is 4.98 Å². The zero-order valence-corrected chi connectivity index (χ0v) is 16.8. The van der Waals surface area contributed by atoms with Gasteiger partial charge in [-0.25, -0.2) is 4.98 Å². The third-order valence-corrected chi connectivity index (χ3v) is 5.39. The van der Waals surface area contributed by atoms with Crippen LogP contribution in [0.3, 0.4) is 0 Å². The van der Waals surface area contributed by atoms with Crippen LogP contribution in [0.5, 0.6) is 5.75 Å². The Kier molecular flexibility index (Phi) is 5.45. The first-order valence-corrected chi connectivity index (χ1v) is 10.2. The molecule has 0 spiro atoms. The molecule has 1 aliphatic heterocycles. The minimum atomic E-state index is -0.177. The van der Waals surface area contributed by atoms with Crippen molar-refractivity contribution in [3.8, 4) is 5.75 Å². The fraction of sp³-hybridized carbons (Fsp3) is 0.333. The Labute approximate surface area is 168 Å². The van der Waals surface area contributed by atoms with Gasteiger partial charge < -0.3 is 14.4 Å². The average molecular weight is 398 g/mol. The molecule has 0 aliphatic carbocycles. The van der Waals surface area contributed by atoms with Crippen molar-refractivity contribution in [2.45, 2.75) is 20.0 Å². The van der Waals surface area contributed by atoms with Crippen LogP contribution in [0.4, 0.5) is 10.8 Å². The van der Waals surface area contributed by atoms with E-state index in [0.29, 0.717) is 10.7 Å². The summed E-state index contributed by atoms with van der Waals surface area (Å²) in [6, 6.07) is 13.3. The molecular formula is C21H23N3O3S. The lowest BCUT2D eigenvalue weighted by Crippen LogP contribution is -2.36. The smallest absolute Gasteiger partial charge is 0.257 e. The highest BCUT2D eigenvalue weighted by atomic mass is 32.1. The molecule has 146 valence electrons. The maximum absolute atomic E-state index is 12.5. The second kappa shape index (κ2) is 8.16. The molecular weight excluding hydrogens is 374 g/mol. The zero-order chi connectivity index (χ0) is 19.5. The monoisotopic (exact) mass is 397 g/mol. The van der Waals surface area contributed by atoms with Gasteiger partial charge in [0.2, 0.25) is 0 Å². The van der Waals surface area contributed by atoms with E-state index in [0.717, 1.165) is 48.0 Å². The molecule has 0 saturated carbocycles. The molecule has 4 rings (SSSR count). The highest BCUT2D eigenvalue weighted by molar-refractivity contribution is 7.22. The van der Waals surface area contributed by atoms with Gasteiger partial charge in [0.05, 0.1) is 29.5 Å². The van der Waals surface area contributed by atoms with Crippen LogP contribution in [0.25, 0.3) is 10.2 Å². The number of carbonyl (C=O) groups is 1. The number of nitrogens with one attached hydrogen (secondary N) is 1. The normalized spacial score (nSPS) is 14.5. The van der Waals surface area contributed by atoms with Crippen molar-refractivity contribution in [1.29, 1.82) is 0 Å². The van der Waals surface area contributed by atoms with E-state index < -0.39 is 0 Å². The highest BCUT2D eigenvalue weighted by Gasteiger charge is 2.14. The van der Waals surface area contributed by atoms with Crippen molar-refractivity contribution < 1.29 is 14.3 Å². The van der Waals surface area contributed by atoms with Gasteiger partial charge in [0, 0.05) is 24.3 Å². The van der Waals surface area contributed by atoms with Crippen LogP contribution in [0.15, 0.2) is 42.5 Å². The summed E-state index contributed by atoms with van der Waals surface area (Å²) in [6.07, 6.45) is 0.102. The number of hydrogen-bond acceptors (Lipinski definition) is 6. The highest BCUT2D eigenvalue weighted by Crippen LogP contribution is 2.30. The molecule has 6 nitrogen and oxygen atoms in total. The topological polar surface area (TPSA) is 63.7 Å². The number of carbonyl (C=O) groups excluding carboxylic acids is 1. The van der Waals surface area contributed by atoms with E-state index in [4.69, 9.17) is 9.47 Å². The Hall–Kier alpha value is -2.64. The van der Waals surface area contributed by atoms with Gasteiger partial charge in [-0.2, -0.15) is 0 Å². The summed E-state index contributed by atoms with van der Waals surface area (Å²) in [4.78, 5) is 19.4. The summed E-state index contributed by atoms with van der Waals surface area (Å²) >= 11 is 1.48. The van der Waals surface area contributed by atoms with Gasteiger partial charge >= 0.3 is 0 Å². The van der Waals surface area contributed by atoms with E-state index in [-0.39, 0.29) is 12.0 Å². The second-order valence-electron chi connectivity index (χ2n) is 6.92. The summed E-state index contributed by atoms with van der Waals surface area (Å²) in [5, 5.41) is 3.50. The van der Waals surface area contributed by atoms with Gasteiger partial charge in [0.1, 0.15) is 5.75 Å². The summed E-state index contributed by atoms with van der Waals surface area (Å²) < 4.78 is 12.1. The first-order valence-electron chi connectivity index (χ1n) is 9.40. The lowest BCUT2D eigenvalue weighted by Gasteiger charge is -2.28. The van der Waals surface area contributed by atoms with Gasteiger partial charge in [-0.15, -0.1) is 0 Å². The number of hydrogen-bond donors (Lipinski definition) is 1. The molecule has 0 unspecified atom stereocenters. The van der Waals surface area contributed by atoms with E-state index in [1.54, 1.807) is 12.1 Å². The molecule has 2 heterocycles. The van der Waals surface area contributed by atoms with Crippen molar-refractivity contribution in [2.75, 3.05) is 36.5 Å². The number of benzene rings is 2. The summed E-state index contributed by atoms with van der Waals surface area (Å²) in [6.45, 7) is 7.23. The number of aromatic nitrogens is 1. The summed E-state index contributed by atoms with van der Waals surface area (Å²) in [7, 11) is 0. The lowest BCUT2D eigenvalue weighted by molar-refractivity contribution is 0.102. The third-order valence-electron chi connectivity index (χ3n) is 4.46. The Morgan fingerprint density at radius 2 is 1.93 bits per heavy atom. The summed E-state index contributed by atoms with van der Waals surface area (Å²) in [5.74, 6) is 0.575. The van der Waals surface area contributed by atoms with Crippen LogP contribution in [0.1, 0.15) is 24.2 Å². The molecule has 1 aliphatic rings. The number of thiazole rings is 1. The Bertz CT molecular complexity index is 963. The number of ether oxygens (including phenoxy) is 2. The van der Waals surface area contributed by atoms with Crippen LogP contribution >= 0.6 is 11.3 Å². The van der Waals surface area contributed by atoms with Crippen molar-refractivity contribution in [3.05, 3.63) is 48.0 Å². The standard InChI is InChI=1S/C21H23N3O3S/c1-14(2)27-17-6-3-15(4-7-17)20(25)23-21-22-18-8-5-16(13-19(18)28-21)24-9-11-26-12-10-24/h3-8,13-14H,9-12H2,1-2H3,(H,22,23,25). The molecule has 0 radical (unpaired) electrons. The molecule has 1 fully saturated rings. The Morgan fingerprint density at radius 1 is 1.18 bits per heavy atom. The first kappa shape index (κ1) is 18.7. The largest absolute Gasteiger partial charge is 0.491 e. The molecule has 1 amide bonds. The van der Waals surface area contributed by atoms with Gasteiger partial charge in [0.25, 0.3) is 5.91 Å². The number of nitrogens with zero attached hydrogens (tertiary/aromatic N) is 2. The molecule has 1 aromatic heterocycles. The minimum Gasteiger partial charge on any atom is -0.491 e. The van der Waals surface area contributed by atoms with Crippen LogP contribution in [-0.2, 0) is 4.74 Å². The van der Waals surface area contributed by atoms with Crippen molar-refractivity contribution >= 4 is 38.3 Å². The van der Waals surface area contributed by atoms with Crippen LogP contribution < -0.4 is 15.0 Å². The fourth-order valence-electron chi connectivity index (χ4n) is 3.11. The van der Waals surface area contributed by atoms with E-state index in [1.165, 1.54) is 11.3 Å². The van der Waals surface area contributed by atoms with Gasteiger partial charge in [0.15, 0.2) is 5.13 Å². The second-order valence-corrected chi connectivity index (χ2v) is 7.95. The molecule has 3 aromatic rings. The number of anilines is 2. The maximum atomic E-state index is 12.5. The van der Waals surface area contributed by atoms with E-state index in [1.807, 2.05) is 32.0 Å².